The number of hydrogen-bond acceptors (Lipinski definition) is 7. The molecule has 0 saturated carbocycles. The van der Waals surface area contributed by atoms with Crippen LogP contribution in [-0.4, -0.2) is 30.5 Å². The number of ether oxygens (including phenoxy) is 3. The van der Waals surface area contributed by atoms with E-state index >= 15 is 0 Å². The molecule has 0 radical (unpaired) electrons. The first-order valence-electron chi connectivity index (χ1n) is 7.73. The molecule has 1 aliphatic rings. The second-order valence-electron chi connectivity index (χ2n) is 5.39. The highest BCUT2D eigenvalue weighted by Gasteiger charge is 2.19. The maximum atomic E-state index is 12.2. The molecule has 0 aliphatic carbocycles. The lowest BCUT2D eigenvalue weighted by atomic mass is 10.2. The van der Waals surface area contributed by atoms with Crippen LogP contribution in [0.15, 0.2) is 30.3 Å². The average Bonchev–Trinajstić information content (AvgIpc) is 3.23. The first-order chi connectivity index (χ1) is 12.5. The lowest BCUT2D eigenvalue weighted by Gasteiger charge is -2.13. The summed E-state index contributed by atoms with van der Waals surface area (Å²) in [6, 6.07) is 8.82. The number of anilines is 1. The number of amides is 1. The third kappa shape index (κ3) is 5.06. The summed E-state index contributed by atoms with van der Waals surface area (Å²) in [5.41, 5.74) is 0.547. The summed E-state index contributed by atoms with van der Waals surface area (Å²) in [6.45, 7) is 1.69. The van der Waals surface area contributed by atoms with Crippen LogP contribution in [0.3, 0.4) is 0 Å². The van der Waals surface area contributed by atoms with Gasteiger partial charge in [0.15, 0.2) is 17.6 Å². The van der Waals surface area contributed by atoms with Crippen LogP contribution in [0.25, 0.3) is 0 Å². The maximum absolute atomic E-state index is 12.2. The van der Waals surface area contributed by atoms with E-state index in [1.807, 2.05) is 12.1 Å². The topological polar surface area (TPSA) is 73.9 Å². The van der Waals surface area contributed by atoms with Gasteiger partial charge in [-0.2, -0.15) is 0 Å². The number of esters is 1. The van der Waals surface area contributed by atoms with Gasteiger partial charge in [-0.3, -0.25) is 9.59 Å². The quantitative estimate of drug-likeness (QED) is 0.693. The van der Waals surface area contributed by atoms with Crippen molar-refractivity contribution >= 4 is 52.3 Å². The molecule has 1 aromatic heterocycles. The smallest absolute Gasteiger partial charge is 0.316 e. The van der Waals surface area contributed by atoms with Gasteiger partial charge in [0.1, 0.15) is 0 Å². The van der Waals surface area contributed by atoms with Crippen molar-refractivity contribution in [3.8, 4) is 11.5 Å². The zero-order valence-electron chi connectivity index (χ0n) is 13.8. The van der Waals surface area contributed by atoms with Gasteiger partial charge in [-0.15, -0.1) is 23.1 Å². The van der Waals surface area contributed by atoms with Crippen LogP contribution in [-0.2, 0) is 20.1 Å². The molecule has 0 bridgehead atoms. The first-order valence-corrected chi connectivity index (χ1v) is 10.1. The first kappa shape index (κ1) is 18.9. The van der Waals surface area contributed by atoms with E-state index in [4.69, 9.17) is 25.8 Å². The molecule has 2 heterocycles. The Labute approximate surface area is 163 Å². The van der Waals surface area contributed by atoms with Crippen molar-refractivity contribution < 1.29 is 23.8 Å². The molecule has 1 aliphatic heterocycles. The summed E-state index contributed by atoms with van der Waals surface area (Å²) in [4.78, 5) is 25.1. The van der Waals surface area contributed by atoms with Crippen molar-refractivity contribution in [2.24, 2.45) is 0 Å². The van der Waals surface area contributed by atoms with E-state index in [1.54, 1.807) is 18.2 Å². The van der Waals surface area contributed by atoms with Gasteiger partial charge in [-0.05, 0) is 31.2 Å². The SMILES string of the molecule is C[C@@H](OC(=O)CSCc1ccc(Cl)s1)C(=O)Nc1ccc2c(c1)OCO2. The summed E-state index contributed by atoms with van der Waals surface area (Å²) < 4.78 is 16.4. The number of carbonyl (C=O) groups excluding carboxylic acids is 2. The molecular weight excluding hydrogens is 398 g/mol. The van der Waals surface area contributed by atoms with Gasteiger partial charge >= 0.3 is 5.97 Å². The highest BCUT2D eigenvalue weighted by Crippen LogP contribution is 2.34. The van der Waals surface area contributed by atoms with Gasteiger partial charge < -0.3 is 19.5 Å². The average molecular weight is 414 g/mol. The number of fused-ring (bicyclic) bond motifs is 1. The van der Waals surface area contributed by atoms with Crippen LogP contribution >= 0.6 is 34.7 Å². The van der Waals surface area contributed by atoms with Gasteiger partial charge in [-0.1, -0.05) is 11.6 Å². The van der Waals surface area contributed by atoms with E-state index in [2.05, 4.69) is 5.32 Å². The molecule has 1 aromatic carbocycles. The summed E-state index contributed by atoms with van der Waals surface area (Å²) in [5, 5.41) is 2.69. The van der Waals surface area contributed by atoms with Gasteiger partial charge in [0.2, 0.25) is 6.79 Å². The predicted octanol–water partition coefficient (Wildman–Crippen LogP) is 3.93. The van der Waals surface area contributed by atoms with Crippen LogP contribution in [0.2, 0.25) is 4.34 Å². The van der Waals surface area contributed by atoms with Crippen molar-refractivity contribution in [3.63, 3.8) is 0 Å². The second-order valence-corrected chi connectivity index (χ2v) is 8.17. The largest absolute Gasteiger partial charge is 0.454 e. The van der Waals surface area contributed by atoms with E-state index in [0.717, 1.165) is 9.21 Å². The normalized spacial score (nSPS) is 13.3. The molecule has 1 N–H and O–H groups in total. The lowest BCUT2D eigenvalue weighted by molar-refractivity contribution is -0.150. The van der Waals surface area contributed by atoms with Crippen molar-refractivity contribution in [1.82, 2.24) is 0 Å². The molecular formula is C17H16ClNO5S2. The molecule has 0 saturated heterocycles. The maximum Gasteiger partial charge on any atom is 0.316 e. The zero-order chi connectivity index (χ0) is 18.5. The minimum Gasteiger partial charge on any atom is -0.454 e. The van der Waals surface area contributed by atoms with Crippen LogP contribution < -0.4 is 14.8 Å². The van der Waals surface area contributed by atoms with Gasteiger partial charge in [0.05, 0.1) is 10.1 Å². The summed E-state index contributed by atoms with van der Waals surface area (Å²) in [6.07, 6.45) is -0.898. The van der Waals surface area contributed by atoms with Crippen molar-refractivity contribution in [2.75, 3.05) is 17.9 Å². The summed E-state index contributed by atoms with van der Waals surface area (Å²) in [5.74, 6) is 1.18. The van der Waals surface area contributed by atoms with Gasteiger partial charge in [0, 0.05) is 22.4 Å². The van der Waals surface area contributed by atoms with E-state index in [1.165, 1.54) is 30.0 Å². The molecule has 0 spiro atoms. The third-order valence-corrected chi connectivity index (χ3v) is 5.78. The number of carbonyl (C=O) groups is 2. The predicted molar refractivity (Wildman–Crippen MR) is 102 cm³/mol. The molecule has 138 valence electrons. The van der Waals surface area contributed by atoms with E-state index in [9.17, 15) is 9.59 Å². The number of thioether (sulfide) groups is 1. The highest BCUT2D eigenvalue weighted by molar-refractivity contribution is 7.99. The number of rotatable bonds is 7. The number of nitrogens with one attached hydrogen (secondary N) is 1. The molecule has 9 heteroatoms. The minimum absolute atomic E-state index is 0.163. The van der Waals surface area contributed by atoms with Crippen LogP contribution in [0, 0.1) is 0 Å². The lowest BCUT2D eigenvalue weighted by Crippen LogP contribution is -2.30. The van der Waals surface area contributed by atoms with E-state index in [0.29, 0.717) is 22.9 Å². The van der Waals surface area contributed by atoms with Gasteiger partial charge in [0.25, 0.3) is 5.91 Å². The standard InChI is InChI=1S/C17H16ClNO5S2/c1-10(24-16(20)8-25-7-12-3-5-15(18)26-12)17(21)19-11-2-4-13-14(6-11)23-9-22-13/h2-6,10H,7-9H2,1H3,(H,19,21)/t10-/m1/s1. The Bertz CT molecular complexity index is 810. The number of thiophene rings is 1. The molecule has 0 fully saturated rings. The van der Waals surface area contributed by atoms with Gasteiger partial charge in [-0.25, -0.2) is 0 Å². The Balaban J connectivity index is 1.42. The second kappa shape index (κ2) is 8.66. The Morgan fingerprint density at radius 3 is 2.88 bits per heavy atom. The Morgan fingerprint density at radius 2 is 2.12 bits per heavy atom. The fourth-order valence-corrected chi connectivity index (χ4v) is 4.17. The number of hydrogen-bond donors (Lipinski definition) is 1. The molecule has 1 amide bonds. The highest BCUT2D eigenvalue weighted by atomic mass is 35.5. The van der Waals surface area contributed by atoms with Crippen molar-refractivity contribution in [2.45, 2.75) is 18.8 Å². The Kier molecular flexibility index (Phi) is 6.29. The van der Waals surface area contributed by atoms with E-state index in [-0.39, 0.29) is 12.5 Å². The number of benzene rings is 1. The van der Waals surface area contributed by atoms with E-state index < -0.39 is 18.0 Å². The third-order valence-electron chi connectivity index (χ3n) is 3.41. The molecule has 6 nitrogen and oxygen atoms in total. The van der Waals surface area contributed by atoms with Crippen LogP contribution in [0.4, 0.5) is 5.69 Å². The van der Waals surface area contributed by atoms with Crippen LogP contribution in [0.1, 0.15) is 11.8 Å². The molecule has 3 rings (SSSR count). The summed E-state index contributed by atoms with van der Waals surface area (Å²) in [7, 11) is 0. The Morgan fingerprint density at radius 1 is 1.31 bits per heavy atom. The van der Waals surface area contributed by atoms with Crippen molar-refractivity contribution in [3.05, 3.63) is 39.5 Å². The molecule has 2 aromatic rings. The van der Waals surface area contributed by atoms with Crippen molar-refractivity contribution in [1.29, 1.82) is 0 Å². The van der Waals surface area contributed by atoms with Crippen LogP contribution in [0.5, 0.6) is 11.5 Å². The molecule has 1 atom stereocenters. The number of halogens is 1. The zero-order valence-corrected chi connectivity index (χ0v) is 16.2. The summed E-state index contributed by atoms with van der Waals surface area (Å²) >= 11 is 8.75. The minimum atomic E-state index is -0.898. The molecule has 0 unspecified atom stereocenters. The fraction of sp³-hybridized carbons (Fsp3) is 0.294. The molecule has 26 heavy (non-hydrogen) atoms. The monoisotopic (exact) mass is 413 g/mol. The fourth-order valence-electron chi connectivity index (χ4n) is 2.17. The Hall–Kier alpha value is -1.90.